The van der Waals surface area contributed by atoms with Crippen LogP contribution >= 0.6 is 0 Å². The van der Waals surface area contributed by atoms with E-state index in [1.54, 1.807) is 20.8 Å². The number of esters is 1. The van der Waals surface area contributed by atoms with Crippen LogP contribution in [-0.2, 0) is 25.6 Å². The van der Waals surface area contributed by atoms with Crippen LogP contribution in [0.1, 0.15) is 38.1 Å². The van der Waals surface area contributed by atoms with Crippen LogP contribution in [0.5, 0.6) is 5.75 Å². The molecule has 0 aliphatic rings. The van der Waals surface area contributed by atoms with Crippen LogP contribution < -0.4 is 15.4 Å². The van der Waals surface area contributed by atoms with Crippen molar-refractivity contribution < 1.29 is 46.9 Å². The monoisotopic (exact) mass is 579 g/mol. The van der Waals surface area contributed by atoms with E-state index in [9.17, 15) is 32.7 Å². The highest BCUT2D eigenvalue weighted by Gasteiger charge is 2.31. The second-order valence-electron chi connectivity index (χ2n) is 9.48. The average molecular weight is 580 g/mol. The zero-order valence-electron chi connectivity index (χ0n) is 22.3. The number of carbonyl (C=O) groups excluding carboxylic acids is 3. The lowest BCUT2D eigenvalue weighted by atomic mass is 10.1. The second-order valence-corrected chi connectivity index (χ2v) is 9.48. The lowest BCUT2D eigenvalue weighted by molar-refractivity contribution is -0.274. The number of nitrogens with one attached hydrogen (secondary N) is 2. The van der Waals surface area contributed by atoms with Gasteiger partial charge in [0.2, 0.25) is 5.91 Å². The fourth-order valence-electron chi connectivity index (χ4n) is 3.52. The normalized spacial score (nSPS) is 12.4. The summed E-state index contributed by atoms with van der Waals surface area (Å²) in [6.45, 7) is 7.25. The van der Waals surface area contributed by atoms with Crippen molar-refractivity contribution in [1.82, 2.24) is 25.4 Å². The molecule has 2 amide bonds. The number of carbonyl (C=O) groups is 3. The van der Waals surface area contributed by atoms with Crippen molar-refractivity contribution in [2.45, 2.75) is 45.4 Å². The van der Waals surface area contributed by atoms with Crippen LogP contribution in [0, 0.1) is 0 Å². The van der Waals surface area contributed by atoms with Gasteiger partial charge >= 0.3 is 18.4 Å². The summed E-state index contributed by atoms with van der Waals surface area (Å²) in [7, 11) is 0. The molecule has 0 spiro atoms. The van der Waals surface area contributed by atoms with Gasteiger partial charge in [-0.2, -0.15) is 5.10 Å². The molecular weight excluding hydrogens is 551 g/mol. The lowest BCUT2D eigenvalue weighted by Gasteiger charge is -2.19. The van der Waals surface area contributed by atoms with Crippen LogP contribution in [0.3, 0.4) is 0 Å². The Balaban J connectivity index is 1.85. The van der Waals surface area contributed by atoms with Crippen molar-refractivity contribution in [2.75, 3.05) is 13.2 Å². The minimum Gasteiger partial charge on any atom is -0.461 e. The zero-order chi connectivity index (χ0) is 30.4. The molecule has 1 aromatic carbocycles. The van der Waals surface area contributed by atoms with Gasteiger partial charge in [0.1, 0.15) is 30.6 Å². The summed E-state index contributed by atoms with van der Waals surface area (Å²) in [5.74, 6) is -1.78. The largest absolute Gasteiger partial charge is 0.573 e. The summed E-state index contributed by atoms with van der Waals surface area (Å²) in [6.07, 6.45) is -4.64. The molecule has 41 heavy (non-hydrogen) atoms. The molecular formula is C26H28F3N5O7. The van der Waals surface area contributed by atoms with Crippen LogP contribution in [0.25, 0.3) is 16.7 Å². The van der Waals surface area contributed by atoms with Crippen molar-refractivity contribution in [1.29, 1.82) is 0 Å². The summed E-state index contributed by atoms with van der Waals surface area (Å²) < 4.78 is 53.0. The molecule has 0 saturated heterocycles. The Labute approximate surface area is 232 Å². The van der Waals surface area contributed by atoms with Gasteiger partial charge in [-0.3, -0.25) is 9.59 Å². The molecule has 0 aliphatic carbocycles. The van der Waals surface area contributed by atoms with Gasteiger partial charge in [0.25, 0.3) is 0 Å². The predicted molar refractivity (Wildman–Crippen MR) is 138 cm³/mol. The number of amides is 2. The molecule has 0 bridgehead atoms. The van der Waals surface area contributed by atoms with Crippen molar-refractivity contribution in [3.8, 4) is 11.4 Å². The smallest absolute Gasteiger partial charge is 0.461 e. The molecule has 3 rings (SSSR count). The number of aliphatic hydroxyl groups excluding tert-OH is 1. The molecule has 2 heterocycles. The molecule has 1 unspecified atom stereocenters. The van der Waals surface area contributed by atoms with E-state index in [2.05, 4.69) is 32.0 Å². The van der Waals surface area contributed by atoms with E-state index in [4.69, 9.17) is 9.47 Å². The summed E-state index contributed by atoms with van der Waals surface area (Å²) in [6, 6.07) is 6.30. The third kappa shape index (κ3) is 8.93. The van der Waals surface area contributed by atoms with E-state index in [0.29, 0.717) is 11.1 Å². The quantitative estimate of drug-likeness (QED) is 0.243. The molecule has 15 heteroatoms. The molecule has 220 valence electrons. The summed E-state index contributed by atoms with van der Waals surface area (Å²) in [5.41, 5.74) is 0.250. The van der Waals surface area contributed by atoms with Gasteiger partial charge in [-0.25, -0.2) is 14.5 Å². The number of halogens is 3. The summed E-state index contributed by atoms with van der Waals surface area (Å²) in [4.78, 5) is 40.0. The van der Waals surface area contributed by atoms with E-state index in [-0.39, 0.29) is 23.4 Å². The first-order chi connectivity index (χ1) is 19.2. The molecule has 0 aliphatic heterocycles. The number of ether oxygens (including phenoxy) is 3. The molecule has 0 radical (unpaired) electrons. The third-order valence-corrected chi connectivity index (χ3v) is 5.14. The molecule has 12 nitrogen and oxygen atoms in total. The number of fused-ring (bicyclic) bond motifs is 1. The molecule has 0 fully saturated rings. The maximum absolute atomic E-state index is 12.6. The van der Waals surface area contributed by atoms with E-state index in [1.165, 1.54) is 29.1 Å². The number of aliphatic hydroxyl groups is 1. The van der Waals surface area contributed by atoms with E-state index >= 15 is 0 Å². The predicted octanol–water partition coefficient (Wildman–Crippen LogP) is 3.22. The minimum atomic E-state index is -4.86. The highest BCUT2D eigenvalue weighted by molar-refractivity contribution is 5.88. The number of hydrogen-bond acceptors (Lipinski definition) is 9. The minimum absolute atomic E-state index is 0.116. The molecule has 3 N–H and O–H groups in total. The zero-order valence-corrected chi connectivity index (χ0v) is 22.3. The Kier molecular flexibility index (Phi) is 9.55. The second kappa shape index (κ2) is 12.7. The van der Waals surface area contributed by atoms with E-state index in [0.717, 1.165) is 18.2 Å². The highest BCUT2D eigenvalue weighted by atomic mass is 19.4. The Bertz CT molecular complexity index is 1420. The molecule has 0 saturated carbocycles. The fourth-order valence-corrected chi connectivity index (χ4v) is 3.52. The van der Waals surface area contributed by atoms with Crippen molar-refractivity contribution in [3.05, 3.63) is 60.4 Å². The third-order valence-electron chi connectivity index (χ3n) is 5.14. The first-order valence-corrected chi connectivity index (χ1v) is 12.1. The number of hydrogen-bond donors (Lipinski definition) is 3. The number of pyridine rings is 1. The van der Waals surface area contributed by atoms with Gasteiger partial charge in [-0.15, -0.1) is 13.2 Å². The maximum Gasteiger partial charge on any atom is 0.573 e. The van der Waals surface area contributed by atoms with Gasteiger partial charge in [0, 0.05) is 6.20 Å². The lowest BCUT2D eigenvalue weighted by Crippen LogP contribution is -2.36. The number of aromatic nitrogens is 3. The van der Waals surface area contributed by atoms with E-state index in [1.807, 2.05) is 0 Å². The van der Waals surface area contributed by atoms with Gasteiger partial charge < -0.3 is 30.0 Å². The summed E-state index contributed by atoms with van der Waals surface area (Å²) >= 11 is 0. The topological polar surface area (TPSA) is 154 Å². The van der Waals surface area contributed by atoms with Crippen molar-refractivity contribution in [3.63, 3.8) is 0 Å². The van der Waals surface area contributed by atoms with Gasteiger partial charge in [0.15, 0.2) is 5.65 Å². The standard InChI is InChI=1S/C26H28F3N5O7/c1-5-20(36)31-12-18-22-17(19(35)14-39-21(37)13-32-24(38)41-25(2,3)4)10-11-30-23(22)34(33-18)15-6-8-16(9-7-15)40-26(27,28)29/h5-11,19,35H,1,12-14H2,2-4H3,(H,31,36)(H,32,38). The Morgan fingerprint density at radius 1 is 1.12 bits per heavy atom. The number of rotatable bonds is 10. The van der Waals surface area contributed by atoms with Gasteiger partial charge in [-0.1, -0.05) is 6.58 Å². The molecule has 1 atom stereocenters. The van der Waals surface area contributed by atoms with Gasteiger partial charge in [0.05, 0.1) is 23.3 Å². The number of alkyl halides is 3. The molecule has 3 aromatic rings. The first-order valence-electron chi connectivity index (χ1n) is 12.1. The fraction of sp³-hybridized carbons (Fsp3) is 0.346. The Morgan fingerprint density at radius 3 is 2.41 bits per heavy atom. The van der Waals surface area contributed by atoms with Crippen LogP contribution in [-0.4, -0.2) is 63.0 Å². The number of nitrogens with zero attached hydrogens (tertiary/aromatic N) is 3. The van der Waals surface area contributed by atoms with Crippen LogP contribution in [0.2, 0.25) is 0 Å². The Hall–Kier alpha value is -4.66. The first kappa shape index (κ1) is 30.9. The van der Waals surface area contributed by atoms with Crippen LogP contribution in [0.15, 0.2) is 49.2 Å². The van der Waals surface area contributed by atoms with Crippen molar-refractivity contribution in [2.24, 2.45) is 0 Å². The van der Waals surface area contributed by atoms with Crippen LogP contribution in [0.4, 0.5) is 18.0 Å². The number of benzene rings is 1. The molecule has 2 aromatic heterocycles. The average Bonchev–Trinajstić information content (AvgIpc) is 3.26. The van der Waals surface area contributed by atoms with Crippen molar-refractivity contribution >= 4 is 29.0 Å². The number of alkyl carbamates (subject to hydrolysis) is 1. The maximum atomic E-state index is 12.6. The SMILES string of the molecule is C=CC(=O)NCc1nn(-c2ccc(OC(F)(F)F)cc2)c2nccc(C(O)COC(=O)CNC(=O)OC(C)(C)C)c12. The van der Waals surface area contributed by atoms with E-state index < -0.39 is 54.9 Å². The Morgan fingerprint density at radius 2 is 1.80 bits per heavy atom. The highest BCUT2D eigenvalue weighted by Crippen LogP contribution is 2.30. The van der Waals surface area contributed by atoms with Gasteiger partial charge in [-0.05, 0) is 62.7 Å². The summed E-state index contributed by atoms with van der Waals surface area (Å²) in [5, 5.41) is 20.5.